The van der Waals surface area contributed by atoms with Gasteiger partial charge in [-0.3, -0.25) is 9.69 Å². The Balaban J connectivity index is 1.54. The van der Waals surface area contributed by atoms with Gasteiger partial charge in [-0.2, -0.15) is 0 Å². The second-order valence-corrected chi connectivity index (χ2v) is 11.2. The van der Waals surface area contributed by atoms with Gasteiger partial charge in [-0.05, 0) is 66.7 Å². The van der Waals surface area contributed by atoms with Gasteiger partial charge in [0.15, 0.2) is 0 Å². The molecule has 2 aromatic rings. The van der Waals surface area contributed by atoms with E-state index >= 15 is 0 Å². The van der Waals surface area contributed by atoms with Gasteiger partial charge < -0.3 is 5.32 Å². The molecule has 3 rings (SSSR count). The van der Waals surface area contributed by atoms with Crippen molar-refractivity contribution in [2.45, 2.75) is 63.4 Å². The van der Waals surface area contributed by atoms with Crippen molar-refractivity contribution in [2.75, 3.05) is 19.6 Å². The average Bonchev–Trinajstić information content (AvgIpc) is 3.23. The molecule has 32 heavy (non-hydrogen) atoms. The molecule has 0 bridgehead atoms. The summed E-state index contributed by atoms with van der Waals surface area (Å²) < 4.78 is 27.9. The van der Waals surface area contributed by atoms with Crippen molar-refractivity contribution in [1.82, 2.24) is 14.9 Å². The van der Waals surface area contributed by atoms with Crippen LogP contribution in [0, 0.1) is 0 Å². The van der Waals surface area contributed by atoms with E-state index in [4.69, 9.17) is 0 Å². The zero-order chi connectivity index (χ0) is 23.4. The Morgan fingerprint density at radius 1 is 1.06 bits per heavy atom. The predicted molar refractivity (Wildman–Crippen MR) is 128 cm³/mol. The van der Waals surface area contributed by atoms with Gasteiger partial charge >= 0.3 is 0 Å². The molecule has 1 fully saturated rings. The summed E-state index contributed by atoms with van der Waals surface area (Å²) in [5.41, 5.74) is 2.43. The summed E-state index contributed by atoms with van der Waals surface area (Å²) in [7, 11) is -3.61. The van der Waals surface area contributed by atoms with Crippen LogP contribution in [-0.2, 0) is 22.0 Å². The maximum atomic E-state index is 12.6. The summed E-state index contributed by atoms with van der Waals surface area (Å²) in [5.74, 6) is -0.0981. The van der Waals surface area contributed by atoms with Gasteiger partial charge in [-0.15, -0.1) is 0 Å². The van der Waals surface area contributed by atoms with E-state index in [1.807, 2.05) is 12.1 Å². The van der Waals surface area contributed by atoms with Crippen molar-refractivity contribution in [3.05, 3.63) is 65.2 Å². The first-order valence-electron chi connectivity index (χ1n) is 11.3. The number of nitrogens with zero attached hydrogens (tertiary/aromatic N) is 1. The lowest BCUT2D eigenvalue weighted by Crippen LogP contribution is -2.40. The van der Waals surface area contributed by atoms with Crippen LogP contribution in [0.3, 0.4) is 0 Å². The van der Waals surface area contributed by atoms with Crippen molar-refractivity contribution in [3.8, 4) is 0 Å². The topological polar surface area (TPSA) is 78.5 Å². The Morgan fingerprint density at radius 3 is 2.31 bits per heavy atom. The van der Waals surface area contributed by atoms with E-state index in [0.29, 0.717) is 18.2 Å². The molecule has 1 atom stereocenters. The number of rotatable bonds is 8. The Bertz CT molecular complexity index is 1010. The monoisotopic (exact) mass is 457 g/mol. The molecule has 1 aliphatic rings. The quantitative estimate of drug-likeness (QED) is 0.634. The highest BCUT2D eigenvalue weighted by Gasteiger charge is 2.23. The maximum Gasteiger partial charge on any atom is 0.251 e. The van der Waals surface area contributed by atoms with Crippen LogP contribution in [0.4, 0.5) is 0 Å². The van der Waals surface area contributed by atoms with Crippen molar-refractivity contribution in [1.29, 1.82) is 0 Å². The molecular formula is C25H35N3O3S. The van der Waals surface area contributed by atoms with Crippen LogP contribution in [0.15, 0.2) is 53.4 Å². The number of amides is 1. The van der Waals surface area contributed by atoms with Crippen molar-refractivity contribution in [3.63, 3.8) is 0 Å². The minimum atomic E-state index is -3.61. The molecule has 2 aromatic carbocycles. The van der Waals surface area contributed by atoms with Gasteiger partial charge in [-0.1, -0.05) is 52.0 Å². The molecule has 0 radical (unpaired) electrons. The van der Waals surface area contributed by atoms with Crippen LogP contribution in [-0.4, -0.2) is 44.9 Å². The Morgan fingerprint density at radius 2 is 1.72 bits per heavy atom. The standard InChI is InChI=1S/C25H35N3O3S/c1-5-28-16-6-7-22(28)18-26-24(29)20-10-8-19(9-11-20)17-27-32(30,31)23-14-12-21(13-15-23)25(2,3)4/h8-15,22,27H,5-7,16-18H2,1-4H3,(H,26,29). The Hall–Kier alpha value is -2.22. The molecule has 0 spiro atoms. The molecule has 1 saturated heterocycles. The lowest BCUT2D eigenvalue weighted by atomic mass is 9.87. The first-order chi connectivity index (χ1) is 15.1. The van der Waals surface area contributed by atoms with E-state index in [9.17, 15) is 13.2 Å². The van der Waals surface area contributed by atoms with Gasteiger partial charge in [-0.25, -0.2) is 13.1 Å². The maximum absolute atomic E-state index is 12.6. The molecule has 2 N–H and O–H groups in total. The molecule has 1 unspecified atom stereocenters. The summed E-state index contributed by atoms with van der Waals surface area (Å²) in [6.07, 6.45) is 2.30. The summed E-state index contributed by atoms with van der Waals surface area (Å²) in [6, 6.07) is 14.4. The number of hydrogen-bond acceptors (Lipinski definition) is 4. The fraction of sp³-hybridized carbons (Fsp3) is 0.480. The zero-order valence-corrected chi connectivity index (χ0v) is 20.3. The largest absolute Gasteiger partial charge is 0.350 e. The highest BCUT2D eigenvalue weighted by molar-refractivity contribution is 7.89. The number of sulfonamides is 1. The molecule has 1 amide bonds. The van der Waals surface area contributed by atoms with E-state index in [1.165, 1.54) is 6.42 Å². The number of benzene rings is 2. The average molecular weight is 458 g/mol. The smallest absolute Gasteiger partial charge is 0.251 e. The Kier molecular flexibility index (Phi) is 7.75. The first-order valence-corrected chi connectivity index (χ1v) is 12.8. The van der Waals surface area contributed by atoms with Gasteiger partial charge in [0.2, 0.25) is 10.0 Å². The molecule has 0 aliphatic carbocycles. The van der Waals surface area contributed by atoms with E-state index < -0.39 is 10.0 Å². The number of nitrogens with one attached hydrogen (secondary N) is 2. The number of hydrogen-bond donors (Lipinski definition) is 2. The van der Waals surface area contributed by atoms with Gasteiger partial charge in [0.1, 0.15) is 0 Å². The Labute approximate surface area is 192 Å². The van der Waals surface area contributed by atoms with E-state index in [2.05, 4.69) is 42.6 Å². The van der Waals surface area contributed by atoms with Crippen LogP contribution < -0.4 is 10.0 Å². The third-order valence-corrected chi connectivity index (χ3v) is 7.53. The summed E-state index contributed by atoms with van der Waals surface area (Å²) in [5, 5.41) is 3.03. The predicted octanol–water partition coefficient (Wildman–Crippen LogP) is 3.68. The third-order valence-electron chi connectivity index (χ3n) is 6.12. The normalized spacial score (nSPS) is 17.4. The van der Waals surface area contributed by atoms with Crippen LogP contribution in [0.5, 0.6) is 0 Å². The fourth-order valence-electron chi connectivity index (χ4n) is 4.02. The van der Waals surface area contributed by atoms with Crippen molar-refractivity contribution >= 4 is 15.9 Å². The molecule has 7 heteroatoms. The van der Waals surface area contributed by atoms with E-state index in [0.717, 1.165) is 30.6 Å². The summed E-state index contributed by atoms with van der Waals surface area (Å²) in [6.45, 7) is 11.3. The van der Waals surface area contributed by atoms with Crippen molar-refractivity contribution < 1.29 is 13.2 Å². The van der Waals surface area contributed by atoms with Gasteiger partial charge in [0.25, 0.3) is 5.91 Å². The second-order valence-electron chi connectivity index (χ2n) is 9.43. The molecule has 1 heterocycles. The van der Waals surface area contributed by atoms with E-state index in [1.54, 1.807) is 36.4 Å². The van der Waals surface area contributed by atoms with Gasteiger partial charge in [0, 0.05) is 24.7 Å². The molecule has 0 saturated carbocycles. The number of likely N-dealkylation sites (tertiary alicyclic amines) is 1. The highest BCUT2D eigenvalue weighted by Crippen LogP contribution is 2.23. The fourth-order valence-corrected chi connectivity index (χ4v) is 5.04. The summed E-state index contributed by atoms with van der Waals surface area (Å²) >= 11 is 0. The van der Waals surface area contributed by atoms with Crippen LogP contribution >= 0.6 is 0 Å². The molecule has 174 valence electrons. The summed E-state index contributed by atoms with van der Waals surface area (Å²) in [4.78, 5) is 15.1. The molecule has 6 nitrogen and oxygen atoms in total. The molecule has 1 aliphatic heterocycles. The molecular weight excluding hydrogens is 422 g/mol. The molecule has 0 aromatic heterocycles. The van der Waals surface area contributed by atoms with Crippen LogP contribution in [0.25, 0.3) is 0 Å². The zero-order valence-electron chi connectivity index (χ0n) is 19.5. The highest BCUT2D eigenvalue weighted by atomic mass is 32.2. The van der Waals surface area contributed by atoms with E-state index in [-0.39, 0.29) is 22.8 Å². The minimum absolute atomic E-state index is 0.0315. The van der Waals surface area contributed by atoms with Gasteiger partial charge in [0.05, 0.1) is 4.90 Å². The van der Waals surface area contributed by atoms with Crippen LogP contribution in [0.2, 0.25) is 0 Å². The van der Waals surface area contributed by atoms with Crippen molar-refractivity contribution in [2.24, 2.45) is 0 Å². The number of likely N-dealkylation sites (N-methyl/N-ethyl adjacent to an activating group) is 1. The minimum Gasteiger partial charge on any atom is -0.350 e. The lowest BCUT2D eigenvalue weighted by molar-refractivity contribution is 0.0941. The first kappa shape index (κ1) is 24.4. The third kappa shape index (κ3) is 6.18. The second kappa shape index (κ2) is 10.1. The number of carbonyl (C=O) groups excluding carboxylic acids is 1. The number of carbonyl (C=O) groups is 1. The SMILES string of the molecule is CCN1CCCC1CNC(=O)c1ccc(CNS(=O)(=O)c2ccc(C(C)(C)C)cc2)cc1. The lowest BCUT2D eigenvalue weighted by Gasteiger charge is -2.22. The van der Waals surface area contributed by atoms with Crippen LogP contribution in [0.1, 0.15) is 62.0 Å².